The fraction of sp³-hybridized carbons (Fsp3) is 0.231. The number of benzene rings is 1. The van der Waals surface area contributed by atoms with Crippen LogP contribution in [0.4, 0.5) is 11.4 Å². The van der Waals surface area contributed by atoms with Crippen molar-refractivity contribution in [3.05, 3.63) is 39.0 Å². The van der Waals surface area contributed by atoms with Crippen molar-refractivity contribution in [3.8, 4) is 0 Å². The number of anilines is 1. The van der Waals surface area contributed by atoms with Crippen LogP contribution in [0.2, 0.25) is 0 Å². The summed E-state index contributed by atoms with van der Waals surface area (Å²) >= 11 is 3.31. The predicted molar refractivity (Wildman–Crippen MR) is 81.4 cm³/mol. The van der Waals surface area contributed by atoms with E-state index in [0.29, 0.717) is 10.9 Å². The molecule has 7 nitrogen and oxygen atoms in total. The Labute approximate surface area is 128 Å². The highest BCUT2D eigenvalue weighted by atomic mass is 79.9. The third-order valence-electron chi connectivity index (χ3n) is 3.01. The summed E-state index contributed by atoms with van der Waals surface area (Å²) in [7, 11) is 0. The van der Waals surface area contributed by atoms with Crippen LogP contribution < -0.4 is 5.32 Å². The number of nitro groups is 1. The molecule has 1 unspecified atom stereocenters. The number of pyridine rings is 1. The number of fused-ring (bicyclic) bond motifs is 1. The van der Waals surface area contributed by atoms with Gasteiger partial charge in [0, 0.05) is 16.4 Å². The number of aromatic nitrogens is 1. The Morgan fingerprint density at radius 1 is 1.57 bits per heavy atom. The molecule has 1 aromatic heterocycles. The Hall–Kier alpha value is -2.22. The summed E-state index contributed by atoms with van der Waals surface area (Å²) in [5.41, 5.74) is 0.687. The molecule has 0 radical (unpaired) electrons. The van der Waals surface area contributed by atoms with Gasteiger partial charge in [-0.15, -0.1) is 0 Å². The van der Waals surface area contributed by atoms with Crippen LogP contribution in [0, 0.1) is 16.0 Å². The van der Waals surface area contributed by atoms with E-state index in [1.807, 2.05) is 0 Å². The molecule has 0 saturated heterocycles. The maximum atomic E-state index is 11.1. The average Bonchev–Trinajstić information content (AvgIpc) is 2.43. The van der Waals surface area contributed by atoms with Crippen LogP contribution in [-0.2, 0) is 4.79 Å². The van der Waals surface area contributed by atoms with E-state index in [1.54, 1.807) is 18.2 Å². The van der Waals surface area contributed by atoms with Gasteiger partial charge in [-0.2, -0.15) is 0 Å². The summed E-state index contributed by atoms with van der Waals surface area (Å²) in [6, 6.07) is 5.23. The van der Waals surface area contributed by atoms with Gasteiger partial charge in [-0.3, -0.25) is 14.9 Å². The van der Waals surface area contributed by atoms with Crippen molar-refractivity contribution < 1.29 is 14.8 Å². The molecule has 0 aliphatic rings. The van der Waals surface area contributed by atoms with Gasteiger partial charge in [-0.25, -0.2) is 4.98 Å². The molecule has 1 aromatic carbocycles. The molecular formula is C13H12BrN3O4. The highest BCUT2D eigenvalue weighted by Gasteiger charge is 2.20. The van der Waals surface area contributed by atoms with Crippen LogP contribution in [0.25, 0.3) is 10.9 Å². The minimum atomic E-state index is -0.968. The van der Waals surface area contributed by atoms with Gasteiger partial charge < -0.3 is 10.4 Å². The number of carboxylic acids is 1. The lowest BCUT2D eigenvalue weighted by atomic mass is 10.1. The molecule has 21 heavy (non-hydrogen) atoms. The third kappa shape index (κ3) is 3.27. The standard InChI is InChI=1S/C13H12BrN3O4/c1-7(13(18)19)5-16-12-9-4-8(14)2-3-10(9)15-6-11(12)17(20)21/h2-4,6-7H,5H2,1H3,(H,15,16)(H,18,19). The molecule has 0 bridgehead atoms. The quantitative estimate of drug-likeness (QED) is 0.632. The molecule has 2 aromatic rings. The summed E-state index contributed by atoms with van der Waals surface area (Å²) < 4.78 is 0.756. The molecular weight excluding hydrogens is 342 g/mol. The van der Waals surface area contributed by atoms with Crippen molar-refractivity contribution in [3.63, 3.8) is 0 Å². The second kappa shape index (κ2) is 6.04. The Balaban J connectivity index is 2.50. The third-order valence-corrected chi connectivity index (χ3v) is 3.51. The zero-order chi connectivity index (χ0) is 15.6. The van der Waals surface area contributed by atoms with Gasteiger partial charge in [0.1, 0.15) is 11.9 Å². The molecule has 2 N–H and O–H groups in total. The van der Waals surface area contributed by atoms with Crippen LogP contribution in [0.3, 0.4) is 0 Å². The first-order valence-corrected chi connectivity index (χ1v) is 6.88. The van der Waals surface area contributed by atoms with Crippen molar-refractivity contribution in [1.82, 2.24) is 4.98 Å². The SMILES string of the molecule is CC(CNc1c([N+](=O)[O-])cnc2ccc(Br)cc12)C(=O)O. The average molecular weight is 354 g/mol. The van der Waals surface area contributed by atoms with Gasteiger partial charge in [0.2, 0.25) is 0 Å². The largest absolute Gasteiger partial charge is 0.481 e. The van der Waals surface area contributed by atoms with Crippen molar-refractivity contribution in [2.45, 2.75) is 6.92 Å². The maximum absolute atomic E-state index is 11.1. The van der Waals surface area contributed by atoms with E-state index in [-0.39, 0.29) is 17.9 Å². The van der Waals surface area contributed by atoms with Gasteiger partial charge in [-0.05, 0) is 18.2 Å². The Bertz CT molecular complexity index is 720. The molecule has 0 spiro atoms. The molecule has 1 atom stereocenters. The fourth-order valence-electron chi connectivity index (χ4n) is 1.82. The van der Waals surface area contributed by atoms with Gasteiger partial charge in [0.15, 0.2) is 0 Å². The normalized spacial score (nSPS) is 12.1. The minimum absolute atomic E-state index is 0.0851. The first-order chi connectivity index (χ1) is 9.90. The lowest BCUT2D eigenvalue weighted by Gasteiger charge is -2.12. The second-order valence-corrected chi connectivity index (χ2v) is 5.47. The molecule has 0 saturated carbocycles. The number of aliphatic carboxylic acids is 1. The van der Waals surface area contributed by atoms with Gasteiger partial charge >= 0.3 is 11.7 Å². The summed E-state index contributed by atoms with van der Waals surface area (Å²) in [5.74, 6) is -1.63. The molecule has 0 aliphatic heterocycles. The summed E-state index contributed by atoms with van der Waals surface area (Å²) in [5, 5.41) is 23.5. The zero-order valence-corrected chi connectivity index (χ0v) is 12.6. The number of carbonyl (C=O) groups is 1. The Kier molecular flexibility index (Phi) is 4.37. The van der Waals surface area contributed by atoms with Crippen LogP contribution >= 0.6 is 15.9 Å². The number of carboxylic acid groups (broad SMARTS) is 1. The first-order valence-electron chi connectivity index (χ1n) is 6.09. The molecule has 0 aliphatic carbocycles. The second-order valence-electron chi connectivity index (χ2n) is 4.56. The van der Waals surface area contributed by atoms with E-state index in [0.717, 1.165) is 4.47 Å². The van der Waals surface area contributed by atoms with Crippen molar-refractivity contribution in [2.75, 3.05) is 11.9 Å². The maximum Gasteiger partial charge on any atom is 0.311 e. The molecule has 8 heteroatoms. The molecule has 1 heterocycles. The topological polar surface area (TPSA) is 105 Å². The van der Waals surface area contributed by atoms with E-state index < -0.39 is 16.8 Å². The summed E-state index contributed by atoms with van der Waals surface area (Å²) in [6.07, 6.45) is 1.17. The number of nitrogens with zero attached hydrogens (tertiary/aromatic N) is 2. The molecule has 0 amide bonds. The van der Waals surface area contributed by atoms with E-state index in [4.69, 9.17) is 5.11 Å². The number of rotatable bonds is 5. The highest BCUT2D eigenvalue weighted by Crippen LogP contribution is 2.33. The van der Waals surface area contributed by atoms with Crippen LogP contribution in [0.1, 0.15) is 6.92 Å². The molecule has 2 rings (SSSR count). The minimum Gasteiger partial charge on any atom is -0.481 e. The summed E-state index contributed by atoms with van der Waals surface area (Å²) in [4.78, 5) is 25.5. The number of hydrogen-bond acceptors (Lipinski definition) is 5. The van der Waals surface area contributed by atoms with Gasteiger partial charge in [0.05, 0.1) is 16.4 Å². The van der Waals surface area contributed by atoms with Crippen LogP contribution in [0.15, 0.2) is 28.9 Å². The Morgan fingerprint density at radius 3 is 2.90 bits per heavy atom. The van der Waals surface area contributed by atoms with E-state index in [2.05, 4.69) is 26.2 Å². The smallest absolute Gasteiger partial charge is 0.311 e. The number of nitrogens with one attached hydrogen (secondary N) is 1. The van der Waals surface area contributed by atoms with Crippen molar-refractivity contribution in [1.29, 1.82) is 0 Å². The van der Waals surface area contributed by atoms with Crippen molar-refractivity contribution in [2.24, 2.45) is 5.92 Å². The number of halogens is 1. The zero-order valence-electron chi connectivity index (χ0n) is 11.0. The number of hydrogen-bond donors (Lipinski definition) is 2. The fourth-order valence-corrected chi connectivity index (χ4v) is 2.18. The van der Waals surface area contributed by atoms with Gasteiger partial charge in [-0.1, -0.05) is 22.9 Å². The van der Waals surface area contributed by atoms with E-state index in [1.165, 1.54) is 13.1 Å². The monoisotopic (exact) mass is 353 g/mol. The predicted octanol–water partition coefficient (Wildman–Crippen LogP) is 3.04. The first kappa shape index (κ1) is 15.2. The highest BCUT2D eigenvalue weighted by molar-refractivity contribution is 9.10. The van der Waals surface area contributed by atoms with E-state index >= 15 is 0 Å². The lowest BCUT2D eigenvalue weighted by molar-refractivity contribution is -0.384. The van der Waals surface area contributed by atoms with Crippen LogP contribution in [-0.4, -0.2) is 27.5 Å². The van der Waals surface area contributed by atoms with Crippen molar-refractivity contribution >= 4 is 44.2 Å². The molecule has 110 valence electrons. The Morgan fingerprint density at radius 2 is 2.29 bits per heavy atom. The van der Waals surface area contributed by atoms with Crippen LogP contribution in [0.5, 0.6) is 0 Å². The van der Waals surface area contributed by atoms with Gasteiger partial charge in [0.25, 0.3) is 0 Å². The summed E-state index contributed by atoms with van der Waals surface area (Å²) in [6.45, 7) is 1.61. The van der Waals surface area contributed by atoms with E-state index in [9.17, 15) is 14.9 Å². The lowest BCUT2D eigenvalue weighted by Crippen LogP contribution is -2.20. The molecule has 0 fully saturated rings.